The second kappa shape index (κ2) is 12.4. The molecule has 0 unspecified atom stereocenters. The van der Waals surface area contributed by atoms with Crippen molar-refractivity contribution in [2.24, 2.45) is 0 Å². The van der Waals surface area contributed by atoms with Crippen LogP contribution in [-0.4, -0.2) is 67.3 Å². The minimum Gasteiger partial charge on any atom is -0.480 e. The molecule has 8 heteroatoms. The summed E-state index contributed by atoms with van der Waals surface area (Å²) in [4.78, 5) is 38.4. The summed E-state index contributed by atoms with van der Waals surface area (Å²) >= 11 is 0. The second-order valence-corrected chi connectivity index (χ2v) is 9.23. The number of aliphatic carboxylic acids is 1. The molecule has 0 spiro atoms. The maximum atomic E-state index is 12.7. The van der Waals surface area contributed by atoms with Gasteiger partial charge in [-0.3, -0.25) is 4.79 Å². The molecule has 3 rings (SSSR count). The van der Waals surface area contributed by atoms with Gasteiger partial charge in [-0.05, 0) is 42.8 Å². The zero-order valence-corrected chi connectivity index (χ0v) is 20.6. The number of carboxylic acid groups (broad SMARTS) is 1. The number of ether oxygens (including phenoxy) is 1. The van der Waals surface area contributed by atoms with Crippen LogP contribution in [0.2, 0.25) is 0 Å². The maximum absolute atomic E-state index is 12.7. The summed E-state index contributed by atoms with van der Waals surface area (Å²) in [6, 6.07) is 14.8. The number of rotatable bonds is 12. The summed E-state index contributed by atoms with van der Waals surface area (Å²) in [5.41, 5.74) is 4.56. The number of alkyl carbamates (subject to hydrolysis) is 1. The van der Waals surface area contributed by atoms with Crippen molar-refractivity contribution in [2.45, 2.75) is 50.6 Å². The average molecular weight is 482 g/mol. The Morgan fingerprint density at radius 1 is 1.00 bits per heavy atom. The third kappa shape index (κ3) is 7.05. The topological polar surface area (TPSA) is 108 Å². The lowest BCUT2D eigenvalue weighted by Crippen LogP contribution is -2.48. The van der Waals surface area contributed by atoms with Crippen molar-refractivity contribution in [3.8, 4) is 11.1 Å². The second-order valence-electron chi connectivity index (χ2n) is 9.23. The Morgan fingerprint density at radius 3 is 2.14 bits per heavy atom. The van der Waals surface area contributed by atoms with Gasteiger partial charge in [0.2, 0.25) is 5.91 Å². The van der Waals surface area contributed by atoms with Crippen LogP contribution in [0.25, 0.3) is 11.1 Å². The zero-order chi connectivity index (χ0) is 25.4. The van der Waals surface area contributed by atoms with E-state index in [0.29, 0.717) is 6.42 Å². The van der Waals surface area contributed by atoms with Crippen LogP contribution in [-0.2, 0) is 14.3 Å². The third-order valence-corrected chi connectivity index (χ3v) is 6.18. The summed E-state index contributed by atoms with van der Waals surface area (Å²) in [7, 11) is 3.48. The SMILES string of the molecule is CCCC[C@H](CC(=O)N[C@@H](CN(C)C)C(=O)O)NC(=O)OCC1c2ccccc2-c2ccccc21. The molecule has 1 aliphatic carbocycles. The van der Waals surface area contributed by atoms with E-state index < -0.39 is 30.1 Å². The number of amides is 2. The fraction of sp³-hybridized carbons (Fsp3) is 0.444. The number of benzene rings is 2. The summed E-state index contributed by atoms with van der Waals surface area (Å²) in [6.45, 7) is 2.40. The molecule has 2 aromatic rings. The minimum atomic E-state index is -1.10. The van der Waals surface area contributed by atoms with Crippen LogP contribution in [0.15, 0.2) is 48.5 Å². The zero-order valence-electron chi connectivity index (χ0n) is 20.6. The number of carboxylic acids is 1. The lowest BCUT2D eigenvalue weighted by molar-refractivity contribution is -0.142. The smallest absolute Gasteiger partial charge is 0.407 e. The lowest BCUT2D eigenvalue weighted by atomic mass is 9.98. The molecule has 0 aromatic heterocycles. The first-order chi connectivity index (χ1) is 16.8. The molecule has 0 bridgehead atoms. The fourth-order valence-electron chi connectivity index (χ4n) is 4.51. The van der Waals surface area contributed by atoms with Gasteiger partial charge in [-0.1, -0.05) is 68.3 Å². The summed E-state index contributed by atoms with van der Waals surface area (Å²) < 4.78 is 5.62. The highest BCUT2D eigenvalue weighted by molar-refractivity contribution is 5.84. The Labute approximate surface area is 206 Å². The standard InChI is InChI=1S/C27H35N3O5/c1-4-5-10-18(15-25(31)29-24(26(32)33)16-30(2)3)28-27(34)35-17-23-21-13-8-6-11-19(21)20-12-7-9-14-22(20)23/h6-9,11-14,18,23-24H,4-5,10,15-17H2,1-3H3,(H,28,34)(H,29,31)(H,32,33)/t18-,24+/m1/s1. The minimum absolute atomic E-state index is 0.0125. The molecule has 0 saturated heterocycles. The van der Waals surface area contributed by atoms with E-state index in [1.165, 1.54) is 0 Å². The number of fused-ring (bicyclic) bond motifs is 3. The molecule has 8 nitrogen and oxygen atoms in total. The molecule has 0 heterocycles. The van der Waals surface area contributed by atoms with Crippen LogP contribution >= 0.6 is 0 Å². The highest BCUT2D eigenvalue weighted by Gasteiger charge is 2.29. The van der Waals surface area contributed by atoms with E-state index in [9.17, 15) is 19.5 Å². The molecule has 2 amide bonds. The molecule has 2 aromatic carbocycles. The van der Waals surface area contributed by atoms with Gasteiger partial charge in [0.1, 0.15) is 12.6 Å². The van der Waals surface area contributed by atoms with Crippen molar-refractivity contribution in [3.05, 3.63) is 59.7 Å². The number of nitrogens with zero attached hydrogens (tertiary/aromatic N) is 1. The Kier molecular flexibility index (Phi) is 9.25. The van der Waals surface area contributed by atoms with Crippen molar-refractivity contribution in [3.63, 3.8) is 0 Å². The van der Waals surface area contributed by atoms with Crippen LogP contribution in [0, 0.1) is 0 Å². The van der Waals surface area contributed by atoms with E-state index >= 15 is 0 Å². The van der Waals surface area contributed by atoms with Crippen molar-refractivity contribution in [1.29, 1.82) is 0 Å². The monoisotopic (exact) mass is 481 g/mol. The molecule has 0 saturated carbocycles. The van der Waals surface area contributed by atoms with Gasteiger partial charge in [0, 0.05) is 24.9 Å². The number of likely N-dealkylation sites (N-methyl/N-ethyl adjacent to an activating group) is 1. The van der Waals surface area contributed by atoms with Crippen molar-refractivity contribution < 1.29 is 24.2 Å². The molecule has 0 aliphatic heterocycles. The largest absolute Gasteiger partial charge is 0.480 e. The molecule has 0 radical (unpaired) electrons. The van der Waals surface area contributed by atoms with E-state index in [0.717, 1.165) is 35.1 Å². The van der Waals surface area contributed by atoms with Gasteiger partial charge in [0.25, 0.3) is 0 Å². The lowest BCUT2D eigenvalue weighted by Gasteiger charge is -2.22. The van der Waals surface area contributed by atoms with Crippen molar-refractivity contribution >= 4 is 18.0 Å². The highest BCUT2D eigenvalue weighted by atomic mass is 16.5. The molecule has 0 fully saturated rings. The van der Waals surface area contributed by atoms with E-state index in [1.807, 2.05) is 31.2 Å². The predicted molar refractivity (Wildman–Crippen MR) is 134 cm³/mol. The van der Waals surface area contributed by atoms with Crippen molar-refractivity contribution in [2.75, 3.05) is 27.2 Å². The third-order valence-electron chi connectivity index (χ3n) is 6.18. The van der Waals surface area contributed by atoms with E-state index in [-0.39, 0.29) is 25.5 Å². The van der Waals surface area contributed by atoms with E-state index in [4.69, 9.17) is 4.74 Å². The van der Waals surface area contributed by atoms with Gasteiger partial charge in [0.15, 0.2) is 0 Å². The van der Waals surface area contributed by atoms with E-state index in [1.54, 1.807) is 19.0 Å². The van der Waals surface area contributed by atoms with Crippen molar-refractivity contribution in [1.82, 2.24) is 15.5 Å². The molecule has 3 N–H and O–H groups in total. The fourth-order valence-corrected chi connectivity index (χ4v) is 4.51. The van der Waals surface area contributed by atoms with Gasteiger partial charge in [-0.25, -0.2) is 9.59 Å². The maximum Gasteiger partial charge on any atom is 0.407 e. The number of carbonyl (C=O) groups excluding carboxylic acids is 2. The molecule has 2 atom stereocenters. The number of unbranched alkanes of at least 4 members (excludes halogenated alkanes) is 1. The van der Waals surface area contributed by atoms with Crippen LogP contribution in [0.5, 0.6) is 0 Å². The average Bonchev–Trinajstić information content (AvgIpc) is 3.14. The Morgan fingerprint density at radius 2 is 1.60 bits per heavy atom. The Bertz CT molecular complexity index is 993. The van der Waals surface area contributed by atoms with Gasteiger partial charge in [0.05, 0.1) is 0 Å². The quantitative estimate of drug-likeness (QED) is 0.428. The van der Waals surface area contributed by atoms with Crippen LogP contribution < -0.4 is 10.6 Å². The van der Waals surface area contributed by atoms with Crippen LogP contribution in [0.1, 0.15) is 49.7 Å². The van der Waals surface area contributed by atoms with E-state index in [2.05, 4.69) is 34.9 Å². The first kappa shape index (κ1) is 26.2. The number of hydrogen-bond acceptors (Lipinski definition) is 5. The molecule has 1 aliphatic rings. The summed E-state index contributed by atoms with van der Waals surface area (Å²) in [5.74, 6) is -1.56. The van der Waals surface area contributed by atoms with Crippen LogP contribution in [0.3, 0.4) is 0 Å². The number of hydrogen-bond donors (Lipinski definition) is 3. The Hall–Kier alpha value is -3.39. The normalized spacial score (nSPS) is 14.1. The first-order valence-electron chi connectivity index (χ1n) is 12.1. The molecular formula is C27H35N3O5. The molecule has 188 valence electrons. The number of carbonyl (C=O) groups is 3. The van der Waals surface area contributed by atoms with Gasteiger partial charge in [-0.15, -0.1) is 0 Å². The van der Waals surface area contributed by atoms with Gasteiger partial charge < -0.3 is 25.4 Å². The molecule has 35 heavy (non-hydrogen) atoms. The van der Waals surface area contributed by atoms with Crippen LogP contribution in [0.4, 0.5) is 4.79 Å². The van der Waals surface area contributed by atoms with Gasteiger partial charge in [-0.2, -0.15) is 0 Å². The van der Waals surface area contributed by atoms with Gasteiger partial charge >= 0.3 is 12.1 Å². The molecular weight excluding hydrogens is 446 g/mol. The Balaban J connectivity index is 1.60. The number of nitrogens with one attached hydrogen (secondary N) is 2. The highest BCUT2D eigenvalue weighted by Crippen LogP contribution is 2.44. The predicted octanol–water partition coefficient (Wildman–Crippen LogP) is 3.61. The first-order valence-corrected chi connectivity index (χ1v) is 12.1. The summed E-state index contributed by atoms with van der Waals surface area (Å²) in [5, 5.41) is 14.7. The summed E-state index contributed by atoms with van der Waals surface area (Å²) in [6.07, 6.45) is 1.73.